The number of fused-ring (bicyclic) bond motifs is 5. The number of ether oxygens (including phenoxy) is 1. The topological polar surface area (TPSA) is 29.5 Å². The van der Waals surface area contributed by atoms with Gasteiger partial charge in [0.15, 0.2) is 5.78 Å². The van der Waals surface area contributed by atoms with Crippen LogP contribution in [0.5, 0.6) is 0 Å². The first-order valence-electron chi connectivity index (χ1n) is 9.63. The fraction of sp³-hybridized carbons (Fsp3) is 0.348. The molecule has 3 aliphatic rings. The molecule has 0 radical (unpaired) electrons. The van der Waals surface area contributed by atoms with Crippen LogP contribution in [0, 0.1) is 5.82 Å². The van der Waals surface area contributed by atoms with E-state index in [-0.39, 0.29) is 29.7 Å². The molecule has 0 bridgehead atoms. The lowest BCUT2D eigenvalue weighted by molar-refractivity contribution is -0.116. The summed E-state index contributed by atoms with van der Waals surface area (Å²) in [6, 6.07) is 13.6. The zero-order valence-electron chi connectivity index (χ0n) is 15.1. The Labute approximate surface area is 158 Å². The summed E-state index contributed by atoms with van der Waals surface area (Å²) in [5, 5.41) is 0. The van der Waals surface area contributed by atoms with Crippen molar-refractivity contribution in [2.75, 3.05) is 13.1 Å². The molecule has 3 atom stereocenters. The van der Waals surface area contributed by atoms with Gasteiger partial charge in [0, 0.05) is 18.9 Å². The molecule has 2 heterocycles. The first kappa shape index (κ1) is 16.7. The van der Waals surface area contributed by atoms with Crippen molar-refractivity contribution in [3.05, 3.63) is 82.8 Å². The molecule has 0 amide bonds. The maximum Gasteiger partial charge on any atom is 0.153 e. The van der Waals surface area contributed by atoms with Gasteiger partial charge in [-0.15, -0.1) is 0 Å². The molecule has 3 nitrogen and oxygen atoms in total. The molecule has 2 aromatic rings. The summed E-state index contributed by atoms with van der Waals surface area (Å²) in [6.45, 7) is 1.28. The average Bonchev–Trinajstić information content (AvgIpc) is 3.25. The van der Waals surface area contributed by atoms with E-state index >= 15 is 0 Å². The highest BCUT2D eigenvalue weighted by Gasteiger charge is 2.40. The SMILES string of the molecule is O=C1CCN(/C=C/[C@@H]2C[C@@H]3c4ccccc4Cc4ccc(F)cc4[C@@H]3O2)C1. The molecule has 5 rings (SSSR count). The van der Waals surface area contributed by atoms with Crippen LogP contribution >= 0.6 is 0 Å². The van der Waals surface area contributed by atoms with E-state index in [0.717, 1.165) is 30.5 Å². The molecule has 138 valence electrons. The van der Waals surface area contributed by atoms with Crippen LogP contribution in [-0.4, -0.2) is 29.9 Å². The average molecular weight is 363 g/mol. The normalized spacial score (nSPS) is 26.8. The first-order chi connectivity index (χ1) is 13.2. The van der Waals surface area contributed by atoms with E-state index in [1.165, 1.54) is 11.1 Å². The van der Waals surface area contributed by atoms with Crippen molar-refractivity contribution >= 4 is 5.78 Å². The van der Waals surface area contributed by atoms with Crippen molar-refractivity contribution in [2.45, 2.75) is 37.4 Å². The fourth-order valence-electron chi connectivity index (χ4n) is 4.67. The minimum absolute atomic E-state index is 0.0297. The third-order valence-electron chi connectivity index (χ3n) is 5.99. The van der Waals surface area contributed by atoms with Crippen LogP contribution in [0.3, 0.4) is 0 Å². The van der Waals surface area contributed by atoms with Crippen LogP contribution in [0.2, 0.25) is 0 Å². The van der Waals surface area contributed by atoms with Gasteiger partial charge in [0.1, 0.15) is 5.82 Å². The van der Waals surface area contributed by atoms with Crippen molar-refractivity contribution in [1.29, 1.82) is 0 Å². The summed E-state index contributed by atoms with van der Waals surface area (Å²) in [6.07, 6.45) is 6.22. The van der Waals surface area contributed by atoms with E-state index in [2.05, 4.69) is 30.3 Å². The lowest BCUT2D eigenvalue weighted by atomic mass is 9.87. The van der Waals surface area contributed by atoms with Crippen LogP contribution in [0.25, 0.3) is 0 Å². The Morgan fingerprint density at radius 2 is 1.96 bits per heavy atom. The van der Waals surface area contributed by atoms with Crippen molar-refractivity contribution in [3.8, 4) is 0 Å². The number of ketones is 1. The van der Waals surface area contributed by atoms with Gasteiger partial charge in [0.2, 0.25) is 0 Å². The number of nitrogens with zero attached hydrogens (tertiary/aromatic N) is 1. The van der Waals surface area contributed by atoms with Gasteiger partial charge in [-0.1, -0.05) is 30.3 Å². The summed E-state index contributed by atoms with van der Waals surface area (Å²) in [5.41, 5.74) is 4.73. The molecule has 0 spiro atoms. The molecule has 0 unspecified atom stereocenters. The Hall–Kier alpha value is -2.46. The number of likely N-dealkylation sites (tertiary alicyclic amines) is 1. The molecule has 0 aromatic heterocycles. The van der Waals surface area contributed by atoms with Gasteiger partial charge in [-0.3, -0.25) is 4.79 Å². The van der Waals surface area contributed by atoms with Crippen molar-refractivity contribution in [2.24, 2.45) is 0 Å². The quantitative estimate of drug-likeness (QED) is 0.803. The monoisotopic (exact) mass is 363 g/mol. The van der Waals surface area contributed by atoms with Gasteiger partial charge >= 0.3 is 0 Å². The van der Waals surface area contributed by atoms with Crippen molar-refractivity contribution < 1.29 is 13.9 Å². The predicted molar refractivity (Wildman–Crippen MR) is 101 cm³/mol. The van der Waals surface area contributed by atoms with E-state index in [9.17, 15) is 9.18 Å². The van der Waals surface area contributed by atoms with Gasteiger partial charge in [-0.05, 0) is 59.5 Å². The summed E-state index contributed by atoms with van der Waals surface area (Å²) >= 11 is 0. The Balaban J connectivity index is 1.48. The molecular weight excluding hydrogens is 341 g/mol. The highest BCUT2D eigenvalue weighted by atomic mass is 19.1. The van der Waals surface area contributed by atoms with Gasteiger partial charge in [-0.25, -0.2) is 4.39 Å². The molecule has 2 fully saturated rings. The molecule has 0 saturated carbocycles. The minimum atomic E-state index is -0.211. The zero-order chi connectivity index (χ0) is 18.4. The van der Waals surface area contributed by atoms with E-state index in [4.69, 9.17) is 4.74 Å². The molecular formula is C23H22FNO2. The Kier molecular flexibility index (Phi) is 4.09. The Morgan fingerprint density at radius 3 is 2.81 bits per heavy atom. The number of hydrogen-bond acceptors (Lipinski definition) is 3. The van der Waals surface area contributed by atoms with Crippen LogP contribution in [0.1, 0.15) is 47.1 Å². The van der Waals surface area contributed by atoms with Gasteiger partial charge < -0.3 is 9.64 Å². The smallest absolute Gasteiger partial charge is 0.153 e. The summed E-state index contributed by atoms with van der Waals surface area (Å²) in [7, 11) is 0. The third kappa shape index (κ3) is 3.08. The number of carbonyl (C=O) groups is 1. The lowest BCUT2D eigenvalue weighted by Crippen LogP contribution is -2.14. The van der Waals surface area contributed by atoms with E-state index < -0.39 is 0 Å². The number of rotatable bonds is 2. The maximum atomic E-state index is 14.0. The van der Waals surface area contributed by atoms with E-state index in [0.29, 0.717) is 13.0 Å². The van der Waals surface area contributed by atoms with Gasteiger partial charge in [0.05, 0.1) is 18.8 Å². The summed E-state index contributed by atoms with van der Waals surface area (Å²) in [5.74, 6) is 0.297. The second-order valence-corrected chi connectivity index (χ2v) is 7.76. The summed E-state index contributed by atoms with van der Waals surface area (Å²) < 4.78 is 20.4. The molecule has 2 aliphatic heterocycles. The first-order valence-corrected chi connectivity index (χ1v) is 9.63. The molecule has 2 aromatic carbocycles. The summed E-state index contributed by atoms with van der Waals surface area (Å²) in [4.78, 5) is 13.5. The molecule has 27 heavy (non-hydrogen) atoms. The number of carbonyl (C=O) groups excluding carboxylic acids is 1. The highest BCUT2D eigenvalue weighted by Crippen LogP contribution is 2.49. The zero-order valence-corrected chi connectivity index (χ0v) is 15.1. The van der Waals surface area contributed by atoms with Crippen LogP contribution < -0.4 is 0 Å². The van der Waals surface area contributed by atoms with Crippen molar-refractivity contribution in [1.82, 2.24) is 4.90 Å². The maximum absolute atomic E-state index is 14.0. The van der Waals surface area contributed by atoms with Crippen LogP contribution in [0.4, 0.5) is 4.39 Å². The molecule has 1 aliphatic carbocycles. The molecule has 2 saturated heterocycles. The van der Waals surface area contributed by atoms with E-state index in [1.807, 2.05) is 17.2 Å². The standard InChI is InChI=1S/C23H22FNO2/c24-17-6-5-16-11-15-3-1-2-4-20(15)22-13-19(27-23(22)21(16)12-17)8-10-25-9-7-18(26)14-25/h1-6,8,10,12,19,22-23H,7,9,11,13-14H2/b10-8+/t19-,22-,23+/m1/s1. The Bertz CT molecular complexity index is 922. The number of hydrogen-bond donors (Lipinski definition) is 0. The second kappa shape index (κ2) is 6.61. The lowest BCUT2D eigenvalue weighted by Gasteiger charge is -2.19. The van der Waals surface area contributed by atoms with Crippen molar-refractivity contribution in [3.63, 3.8) is 0 Å². The minimum Gasteiger partial charge on any atom is -0.370 e. The largest absolute Gasteiger partial charge is 0.370 e. The fourth-order valence-corrected chi connectivity index (χ4v) is 4.67. The number of benzene rings is 2. The number of halogens is 1. The highest BCUT2D eigenvalue weighted by molar-refractivity contribution is 5.82. The molecule has 4 heteroatoms. The van der Waals surface area contributed by atoms with Crippen LogP contribution in [0.15, 0.2) is 54.7 Å². The number of Topliss-reactive ketones (excluding diaryl/α,β-unsaturated/α-hetero) is 1. The van der Waals surface area contributed by atoms with Crippen LogP contribution in [-0.2, 0) is 16.0 Å². The predicted octanol–water partition coefficient (Wildman–Crippen LogP) is 4.13. The second-order valence-electron chi connectivity index (χ2n) is 7.76. The van der Waals surface area contributed by atoms with E-state index in [1.54, 1.807) is 12.1 Å². The third-order valence-corrected chi connectivity index (χ3v) is 5.99. The van der Waals surface area contributed by atoms with Gasteiger partial charge in [-0.2, -0.15) is 0 Å². The molecule has 0 N–H and O–H groups in total. The Morgan fingerprint density at radius 1 is 1.11 bits per heavy atom. The van der Waals surface area contributed by atoms with Gasteiger partial charge in [0.25, 0.3) is 0 Å².